The van der Waals surface area contributed by atoms with Crippen molar-refractivity contribution in [3.63, 3.8) is 0 Å². The van der Waals surface area contributed by atoms with E-state index in [4.69, 9.17) is 5.73 Å². The molecule has 2 unspecified atom stereocenters. The van der Waals surface area contributed by atoms with Crippen LogP contribution in [0.3, 0.4) is 0 Å². The Hall–Kier alpha value is -0.220. The Labute approximate surface area is 122 Å². The molecule has 1 aliphatic rings. The van der Waals surface area contributed by atoms with Crippen molar-refractivity contribution in [1.82, 2.24) is 5.32 Å². The van der Waals surface area contributed by atoms with Crippen molar-refractivity contribution in [2.24, 2.45) is 5.73 Å². The van der Waals surface area contributed by atoms with Crippen molar-refractivity contribution < 1.29 is 4.79 Å². The summed E-state index contributed by atoms with van der Waals surface area (Å²) >= 11 is 2.04. The number of unbranched alkanes of at least 4 members (excludes halogenated alkanes) is 2. The SMILES string of the molecule is CCCCCSC1CCCC(NC(C)C)(C(N)=O)C1. The maximum Gasteiger partial charge on any atom is 0.237 e. The van der Waals surface area contributed by atoms with Crippen molar-refractivity contribution in [2.45, 2.75) is 82.5 Å². The summed E-state index contributed by atoms with van der Waals surface area (Å²) in [4.78, 5) is 11.9. The van der Waals surface area contributed by atoms with Gasteiger partial charge in [-0.2, -0.15) is 11.8 Å². The largest absolute Gasteiger partial charge is 0.368 e. The summed E-state index contributed by atoms with van der Waals surface area (Å²) in [6, 6.07) is 0.302. The Morgan fingerprint density at radius 2 is 2.21 bits per heavy atom. The molecule has 0 aliphatic heterocycles. The molecule has 19 heavy (non-hydrogen) atoms. The molecule has 4 heteroatoms. The van der Waals surface area contributed by atoms with Crippen LogP contribution >= 0.6 is 11.8 Å². The Morgan fingerprint density at radius 1 is 1.47 bits per heavy atom. The minimum absolute atomic E-state index is 0.167. The first-order valence-electron chi connectivity index (χ1n) is 7.69. The average Bonchev–Trinajstić information content (AvgIpc) is 2.34. The van der Waals surface area contributed by atoms with Gasteiger partial charge in [0.25, 0.3) is 0 Å². The van der Waals surface area contributed by atoms with E-state index < -0.39 is 5.54 Å². The first-order chi connectivity index (χ1) is 9.00. The lowest BCUT2D eigenvalue weighted by molar-refractivity contribution is -0.126. The van der Waals surface area contributed by atoms with Gasteiger partial charge in [0, 0.05) is 11.3 Å². The van der Waals surface area contributed by atoms with Crippen molar-refractivity contribution >= 4 is 17.7 Å². The van der Waals surface area contributed by atoms with Crippen LogP contribution < -0.4 is 11.1 Å². The van der Waals surface area contributed by atoms with Crippen LogP contribution in [0.15, 0.2) is 0 Å². The summed E-state index contributed by atoms with van der Waals surface area (Å²) in [5.74, 6) is 1.05. The number of carbonyl (C=O) groups is 1. The minimum Gasteiger partial charge on any atom is -0.368 e. The predicted octanol–water partition coefficient (Wildman–Crippen LogP) is 3.07. The molecule has 3 nitrogen and oxygen atoms in total. The van der Waals surface area contributed by atoms with Gasteiger partial charge in [0.05, 0.1) is 5.54 Å². The van der Waals surface area contributed by atoms with Crippen LogP contribution in [0, 0.1) is 0 Å². The molecule has 1 saturated carbocycles. The molecular formula is C15H30N2OS. The van der Waals surface area contributed by atoms with Crippen molar-refractivity contribution in [3.8, 4) is 0 Å². The molecule has 2 atom stereocenters. The van der Waals surface area contributed by atoms with Crippen LogP contribution in [0.25, 0.3) is 0 Å². The molecule has 1 amide bonds. The zero-order valence-corrected chi connectivity index (χ0v) is 13.5. The third-order valence-corrected chi connectivity index (χ3v) is 5.24. The van der Waals surface area contributed by atoms with Crippen LogP contribution in [-0.4, -0.2) is 28.5 Å². The number of hydrogen-bond donors (Lipinski definition) is 2. The molecule has 0 bridgehead atoms. The number of carbonyl (C=O) groups excluding carboxylic acids is 1. The summed E-state index contributed by atoms with van der Waals surface area (Å²) in [5, 5.41) is 4.03. The molecule has 0 aromatic heterocycles. The van der Waals surface area contributed by atoms with E-state index in [0.717, 1.165) is 19.3 Å². The molecule has 3 N–H and O–H groups in total. The van der Waals surface area contributed by atoms with Gasteiger partial charge in [-0.25, -0.2) is 0 Å². The van der Waals surface area contributed by atoms with E-state index in [2.05, 4.69) is 26.1 Å². The molecular weight excluding hydrogens is 256 g/mol. The summed E-state index contributed by atoms with van der Waals surface area (Å²) < 4.78 is 0. The smallest absolute Gasteiger partial charge is 0.237 e. The lowest BCUT2D eigenvalue weighted by Crippen LogP contribution is -2.60. The van der Waals surface area contributed by atoms with Crippen LogP contribution in [0.1, 0.15) is 65.7 Å². The Balaban J connectivity index is 2.51. The highest BCUT2D eigenvalue weighted by atomic mass is 32.2. The number of amides is 1. The second-order valence-electron chi connectivity index (χ2n) is 6.04. The number of thioether (sulfide) groups is 1. The van der Waals surface area contributed by atoms with Crippen LogP contribution in [0.2, 0.25) is 0 Å². The molecule has 112 valence electrons. The molecule has 1 rings (SSSR count). The molecule has 0 aromatic carbocycles. The van der Waals surface area contributed by atoms with Gasteiger partial charge in [-0.15, -0.1) is 0 Å². The maximum absolute atomic E-state index is 11.9. The van der Waals surface area contributed by atoms with Crippen molar-refractivity contribution in [2.75, 3.05) is 5.75 Å². The number of nitrogens with two attached hydrogens (primary N) is 1. The number of rotatable bonds is 8. The molecule has 1 fully saturated rings. The normalized spacial score (nSPS) is 27.7. The Kier molecular flexibility index (Phi) is 7.22. The fraction of sp³-hybridized carbons (Fsp3) is 0.933. The molecule has 0 aromatic rings. The first-order valence-corrected chi connectivity index (χ1v) is 8.74. The van der Waals surface area contributed by atoms with Gasteiger partial charge >= 0.3 is 0 Å². The molecule has 0 saturated heterocycles. The van der Waals surface area contributed by atoms with Crippen LogP contribution in [-0.2, 0) is 4.79 Å². The number of hydrogen-bond acceptors (Lipinski definition) is 3. The molecule has 0 radical (unpaired) electrons. The highest BCUT2D eigenvalue weighted by Gasteiger charge is 2.41. The minimum atomic E-state index is -0.463. The fourth-order valence-corrected chi connectivity index (χ4v) is 4.39. The second kappa shape index (κ2) is 8.15. The fourth-order valence-electron chi connectivity index (χ4n) is 2.95. The van der Waals surface area contributed by atoms with Gasteiger partial charge in [0.1, 0.15) is 0 Å². The van der Waals surface area contributed by atoms with E-state index in [-0.39, 0.29) is 5.91 Å². The second-order valence-corrected chi connectivity index (χ2v) is 7.45. The van der Waals surface area contributed by atoms with E-state index in [0.29, 0.717) is 11.3 Å². The van der Waals surface area contributed by atoms with Gasteiger partial charge in [0.2, 0.25) is 5.91 Å². The monoisotopic (exact) mass is 286 g/mol. The van der Waals surface area contributed by atoms with Crippen molar-refractivity contribution in [3.05, 3.63) is 0 Å². The van der Waals surface area contributed by atoms with Crippen molar-refractivity contribution in [1.29, 1.82) is 0 Å². The van der Waals surface area contributed by atoms with E-state index >= 15 is 0 Å². The van der Waals surface area contributed by atoms with E-state index in [1.807, 2.05) is 11.8 Å². The van der Waals surface area contributed by atoms with Crippen LogP contribution in [0.5, 0.6) is 0 Å². The quantitative estimate of drug-likeness (QED) is 0.674. The third-order valence-electron chi connectivity index (χ3n) is 3.84. The van der Waals surface area contributed by atoms with Gasteiger partial charge in [-0.3, -0.25) is 4.79 Å². The topological polar surface area (TPSA) is 55.1 Å². The standard InChI is InChI=1S/C15H30N2OS/c1-4-5-6-10-19-13-8-7-9-15(11-13,14(16)18)17-12(2)3/h12-13,17H,4-11H2,1-3H3,(H2,16,18). The Morgan fingerprint density at radius 3 is 2.79 bits per heavy atom. The predicted molar refractivity (Wildman–Crippen MR) is 84.4 cm³/mol. The van der Waals surface area contributed by atoms with Crippen LogP contribution in [0.4, 0.5) is 0 Å². The summed E-state index contributed by atoms with van der Waals surface area (Å²) in [6.07, 6.45) is 8.00. The lowest BCUT2D eigenvalue weighted by atomic mass is 9.80. The van der Waals surface area contributed by atoms with Gasteiger partial charge in [-0.1, -0.05) is 19.8 Å². The number of nitrogens with one attached hydrogen (secondary N) is 1. The summed E-state index contributed by atoms with van der Waals surface area (Å²) in [7, 11) is 0. The van der Waals surface area contributed by atoms with Gasteiger partial charge < -0.3 is 11.1 Å². The summed E-state index contributed by atoms with van der Waals surface area (Å²) in [6.45, 7) is 6.40. The molecule has 0 spiro atoms. The molecule has 1 aliphatic carbocycles. The average molecular weight is 286 g/mol. The lowest BCUT2D eigenvalue weighted by Gasteiger charge is -2.40. The van der Waals surface area contributed by atoms with E-state index in [1.165, 1.54) is 31.4 Å². The highest BCUT2D eigenvalue weighted by molar-refractivity contribution is 7.99. The van der Waals surface area contributed by atoms with E-state index in [1.54, 1.807) is 0 Å². The van der Waals surface area contributed by atoms with Gasteiger partial charge in [0.15, 0.2) is 0 Å². The zero-order chi connectivity index (χ0) is 14.3. The maximum atomic E-state index is 11.9. The Bertz CT molecular complexity index is 283. The molecule has 0 heterocycles. The van der Waals surface area contributed by atoms with E-state index in [9.17, 15) is 4.79 Å². The summed E-state index contributed by atoms with van der Waals surface area (Å²) in [5.41, 5.74) is 5.21. The van der Waals surface area contributed by atoms with Gasteiger partial charge in [-0.05, 0) is 51.7 Å². The number of primary amides is 1. The highest BCUT2D eigenvalue weighted by Crippen LogP contribution is 2.35. The third kappa shape index (κ3) is 5.35. The first kappa shape index (κ1) is 16.8. The zero-order valence-electron chi connectivity index (χ0n) is 12.7.